The molecule has 0 aliphatic carbocycles. The van der Waals surface area contributed by atoms with Gasteiger partial charge in [0.25, 0.3) is 0 Å². The summed E-state index contributed by atoms with van der Waals surface area (Å²) >= 11 is 0. The first kappa shape index (κ1) is 13.8. The normalized spacial score (nSPS) is 12.7. The van der Waals surface area contributed by atoms with Gasteiger partial charge in [0.2, 0.25) is 0 Å². The minimum Gasteiger partial charge on any atom is -0.322 e. The first-order valence-corrected chi connectivity index (χ1v) is 7.30. The van der Waals surface area contributed by atoms with Crippen molar-refractivity contribution in [3.63, 3.8) is 0 Å². The molecule has 0 saturated heterocycles. The Morgan fingerprint density at radius 1 is 1.24 bits per heavy atom. The molecule has 2 N–H and O–H groups in total. The summed E-state index contributed by atoms with van der Waals surface area (Å²) in [5.74, 6) is 0. The van der Waals surface area contributed by atoms with Gasteiger partial charge >= 0.3 is 0 Å². The molecule has 3 aromatic rings. The van der Waals surface area contributed by atoms with Gasteiger partial charge in [0.15, 0.2) is 0 Å². The van der Waals surface area contributed by atoms with Crippen LogP contribution in [0, 0.1) is 0 Å². The van der Waals surface area contributed by atoms with Crippen LogP contribution in [0.4, 0.5) is 0 Å². The number of benzene rings is 1. The van der Waals surface area contributed by atoms with Crippen LogP contribution in [0.1, 0.15) is 29.9 Å². The number of hydrogen-bond acceptors (Lipinski definition) is 3. The molecule has 0 amide bonds. The van der Waals surface area contributed by atoms with E-state index in [-0.39, 0.29) is 6.04 Å². The van der Waals surface area contributed by atoms with Gasteiger partial charge in [-0.15, -0.1) is 0 Å². The van der Waals surface area contributed by atoms with E-state index in [0.29, 0.717) is 0 Å². The summed E-state index contributed by atoms with van der Waals surface area (Å²) in [6.07, 6.45) is 3.57. The van der Waals surface area contributed by atoms with E-state index in [1.54, 1.807) is 0 Å². The van der Waals surface area contributed by atoms with Crippen LogP contribution in [0.15, 0.2) is 42.6 Å². The fourth-order valence-corrected chi connectivity index (χ4v) is 2.74. The molecule has 0 aliphatic heterocycles. The van der Waals surface area contributed by atoms with Crippen LogP contribution in [0.25, 0.3) is 10.9 Å². The maximum absolute atomic E-state index is 6.41. The molecule has 0 fully saturated rings. The van der Waals surface area contributed by atoms with Gasteiger partial charge in [0.1, 0.15) is 0 Å². The van der Waals surface area contributed by atoms with Crippen molar-refractivity contribution in [3.05, 3.63) is 59.5 Å². The third-order valence-electron chi connectivity index (χ3n) is 3.89. The predicted octanol–water partition coefficient (Wildman–Crippen LogP) is 2.77. The molecule has 1 unspecified atom stereocenters. The van der Waals surface area contributed by atoms with E-state index >= 15 is 0 Å². The van der Waals surface area contributed by atoms with Crippen molar-refractivity contribution in [1.29, 1.82) is 0 Å². The second-order valence-electron chi connectivity index (χ2n) is 5.34. The summed E-state index contributed by atoms with van der Waals surface area (Å²) in [5.41, 5.74) is 10.8. The number of aromatic nitrogens is 3. The van der Waals surface area contributed by atoms with Crippen LogP contribution in [0.5, 0.6) is 0 Å². The number of fused-ring (bicyclic) bond motifs is 1. The molecule has 21 heavy (non-hydrogen) atoms. The number of nitrogens with zero attached hydrogens (tertiary/aromatic N) is 3. The number of hydrogen-bond donors (Lipinski definition) is 1. The lowest BCUT2D eigenvalue weighted by Crippen LogP contribution is -2.17. The molecule has 2 aromatic heterocycles. The fraction of sp³-hybridized carbons (Fsp3) is 0.294. The van der Waals surface area contributed by atoms with Gasteiger partial charge in [0.05, 0.1) is 22.9 Å². The largest absolute Gasteiger partial charge is 0.322 e. The molecular weight excluding hydrogens is 260 g/mol. The smallest absolute Gasteiger partial charge is 0.0704 e. The Kier molecular flexibility index (Phi) is 3.71. The number of para-hydroxylation sites is 1. The lowest BCUT2D eigenvalue weighted by molar-refractivity contribution is 0.615. The highest BCUT2D eigenvalue weighted by Gasteiger charge is 2.14. The Hall–Kier alpha value is -2.20. The van der Waals surface area contributed by atoms with Gasteiger partial charge in [-0.05, 0) is 36.6 Å². The molecule has 108 valence electrons. The summed E-state index contributed by atoms with van der Waals surface area (Å²) in [4.78, 5) is 4.40. The summed E-state index contributed by atoms with van der Waals surface area (Å²) in [6.45, 7) is 2.11. The molecule has 4 nitrogen and oxygen atoms in total. The number of aryl methyl sites for hydroxylation is 2. The molecule has 0 bridgehead atoms. The zero-order chi connectivity index (χ0) is 14.8. The highest BCUT2D eigenvalue weighted by molar-refractivity contribution is 5.81. The Morgan fingerprint density at radius 2 is 2.05 bits per heavy atom. The van der Waals surface area contributed by atoms with Crippen molar-refractivity contribution in [3.8, 4) is 0 Å². The lowest BCUT2D eigenvalue weighted by atomic mass is 10.0. The SMILES string of the molecule is CCc1cc(C(N)Cc2ccnc3ccccc23)n(C)n1. The van der Waals surface area contributed by atoms with Crippen molar-refractivity contribution < 1.29 is 0 Å². The van der Waals surface area contributed by atoms with Crippen LogP contribution < -0.4 is 5.73 Å². The monoisotopic (exact) mass is 280 g/mol. The van der Waals surface area contributed by atoms with Gasteiger partial charge in [0, 0.05) is 18.6 Å². The molecule has 0 radical (unpaired) electrons. The predicted molar refractivity (Wildman–Crippen MR) is 85.0 cm³/mol. The second kappa shape index (κ2) is 5.66. The maximum Gasteiger partial charge on any atom is 0.0704 e. The standard InChI is InChI=1S/C17H20N4/c1-3-13-11-17(21(2)20-13)15(18)10-12-8-9-19-16-7-5-4-6-14(12)16/h4-9,11,15H,3,10,18H2,1-2H3. The molecular formula is C17H20N4. The van der Waals surface area contributed by atoms with Crippen molar-refractivity contribution in [2.45, 2.75) is 25.8 Å². The molecule has 2 heterocycles. The Balaban J connectivity index is 1.92. The van der Waals surface area contributed by atoms with Gasteiger partial charge in [-0.2, -0.15) is 5.10 Å². The molecule has 0 spiro atoms. The summed E-state index contributed by atoms with van der Waals surface area (Å²) in [7, 11) is 1.96. The number of rotatable bonds is 4. The molecule has 1 aromatic carbocycles. The summed E-state index contributed by atoms with van der Waals surface area (Å²) in [5, 5.41) is 5.65. The lowest BCUT2D eigenvalue weighted by Gasteiger charge is -2.13. The van der Waals surface area contributed by atoms with E-state index in [2.05, 4.69) is 35.2 Å². The molecule has 3 rings (SSSR count). The van der Waals surface area contributed by atoms with Gasteiger partial charge in [-0.3, -0.25) is 9.67 Å². The van der Waals surface area contributed by atoms with Gasteiger partial charge in [-0.25, -0.2) is 0 Å². The first-order valence-electron chi connectivity index (χ1n) is 7.30. The average molecular weight is 280 g/mol. The van der Waals surface area contributed by atoms with Crippen LogP contribution in [-0.4, -0.2) is 14.8 Å². The minimum absolute atomic E-state index is 0.0615. The minimum atomic E-state index is -0.0615. The highest BCUT2D eigenvalue weighted by atomic mass is 15.3. The molecule has 4 heteroatoms. The van der Waals surface area contributed by atoms with E-state index in [0.717, 1.165) is 29.7 Å². The Bertz CT molecular complexity index is 755. The molecule has 1 atom stereocenters. The first-order chi connectivity index (χ1) is 10.2. The van der Waals surface area contributed by atoms with Crippen LogP contribution >= 0.6 is 0 Å². The zero-order valence-electron chi connectivity index (χ0n) is 12.5. The summed E-state index contributed by atoms with van der Waals surface area (Å²) in [6, 6.07) is 12.3. The number of pyridine rings is 1. The van der Waals surface area contributed by atoms with Crippen molar-refractivity contribution in [2.75, 3.05) is 0 Å². The van der Waals surface area contributed by atoms with Crippen LogP contribution in [0.3, 0.4) is 0 Å². The third-order valence-corrected chi connectivity index (χ3v) is 3.89. The van der Waals surface area contributed by atoms with Gasteiger partial charge in [-0.1, -0.05) is 25.1 Å². The van der Waals surface area contributed by atoms with E-state index in [1.807, 2.05) is 36.1 Å². The summed E-state index contributed by atoms with van der Waals surface area (Å²) < 4.78 is 1.90. The maximum atomic E-state index is 6.41. The van der Waals surface area contributed by atoms with Gasteiger partial charge < -0.3 is 5.73 Å². The van der Waals surface area contributed by atoms with Crippen LogP contribution in [-0.2, 0) is 19.9 Å². The van der Waals surface area contributed by atoms with E-state index < -0.39 is 0 Å². The van der Waals surface area contributed by atoms with E-state index in [9.17, 15) is 0 Å². The molecule has 0 aliphatic rings. The van der Waals surface area contributed by atoms with Crippen molar-refractivity contribution in [2.24, 2.45) is 12.8 Å². The Morgan fingerprint density at radius 3 is 2.81 bits per heavy atom. The highest BCUT2D eigenvalue weighted by Crippen LogP contribution is 2.22. The average Bonchev–Trinajstić information content (AvgIpc) is 2.89. The fourth-order valence-electron chi connectivity index (χ4n) is 2.74. The quantitative estimate of drug-likeness (QED) is 0.799. The molecule has 0 saturated carbocycles. The van der Waals surface area contributed by atoms with Crippen molar-refractivity contribution in [1.82, 2.24) is 14.8 Å². The Labute approximate surface area is 124 Å². The van der Waals surface area contributed by atoms with E-state index in [1.165, 1.54) is 10.9 Å². The zero-order valence-corrected chi connectivity index (χ0v) is 12.5. The second-order valence-corrected chi connectivity index (χ2v) is 5.34. The van der Waals surface area contributed by atoms with Crippen LogP contribution in [0.2, 0.25) is 0 Å². The van der Waals surface area contributed by atoms with Crippen molar-refractivity contribution >= 4 is 10.9 Å². The topological polar surface area (TPSA) is 56.7 Å². The number of nitrogens with two attached hydrogens (primary N) is 1. The third kappa shape index (κ3) is 2.67. The van der Waals surface area contributed by atoms with E-state index in [4.69, 9.17) is 5.73 Å².